The topological polar surface area (TPSA) is 66.4 Å². The highest BCUT2D eigenvalue weighted by Gasteiger charge is 2.27. The van der Waals surface area contributed by atoms with E-state index in [1.165, 1.54) is 0 Å². The predicted octanol–water partition coefficient (Wildman–Crippen LogP) is 2.69. The molecule has 2 rings (SSSR count). The van der Waals surface area contributed by atoms with E-state index in [0.29, 0.717) is 0 Å². The van der Waals surface area contributed by atoms with Crippen molar-refractivity contribution in [2.75, 3.05) is 12.8 Å². The molecule has 0 saturated heterocycles. The smallest absolute Gasteiger partial charge is 0.214 e. The zero-order valence-corrected chi connectivity index (χ0v) is 13.9. The van der Waals surface area contributed by atoms with Crippen molar-refractivity contribution in [1.29, 1.82) is 0 Å². The van der Waals surface area contributed by atoms with Gasteiger partial charge in [0.2, 0.25) is 10.0 Å². The van der Waals surface area contributed by atoms with Gasteiger partial charge in [0.15, 0.2) is 0 Å². The number of benzene rings is 1. The largest absolute Gasteiger partial charge is 0.387 e. The van der Waals surface area contributed by atoms with Gasteiger partial charge in [0.25, 0.3) is 0 Å². The van der Waals surface area contributed by atoms with E-state index in [2.05, 4.69) is 4.72 Å². The summed E-state index contributed by atoms with van der Waals surface area (Å²) in [6, 6.07) is 7.54. The average molecular weight is 329 g/mol. The first-order chi connectivity index (χ1) is 10.0. The molecule has 0 aromatic heterocycles. The zero-order chi connectivity index (χ0) is 15.3. The van der Waals surface area contributed by atoms with Gasteiger partial charge in [0.1, 0.15) is 0 Å². The molecule has 6 heteroatoms. The highest BCUT2D eigenvalue weighted by atomic mass is 32.2. The first-order valence-electron chi connectivity index (χ1n) is 7.33. The number of hydrogen-bond acceptors (Lipinski definition) is 4. The van der Waals surface area contributed by atoms with Crippen LogP contribution in [0.2, 0.25) is 0 Å². The van der Waals surface area contributed by atoms with Gasteiger partial charge in [0, 0.05) is 11.4 Å². The summed E-state index contributed by atoms with van der Waals surface area (Å²) in [5, 5.41) is 9.82. The molecule has 4 nitrogen and oxygen atoms in total. The lowest BCUT2D eigenvalue weighted by atomic mass is 10.0. The maximum Gasteiger partial charge on any atom is 0.214 e. The minimum absolute atomic E-state index is 0.0391. The van der Waals surface area contributed by atoms with Crippen LogP contribution in [0.1, 0.15) is 43.8 Å². The van der Waals surface area contributed by atoms with Crippen LogP contribution in [0.15, 0.2) is 29.2 Å². The van der Waals surface area contributed by atoms with Gasteiger partial charge in [0.05, 0.1) is 11.4 Å². The summed E-state index contributed by atoms with van der Waals surface area (Å²) < 4.78 is 27.0. The molecular formula is C15H23NO3S2. The van der Waals surface area contributed by atoms with E-state index in [0.717, 1.165) is 42.6 Å². The van der Waals surface area contributed by atoms with Gasteiger partial charge in [-0.05, 0) is 36.8 Å². The molecule has 0 aliphatic heterocycles. The number of aliphatic hydroxyl groups is 1. The van der Waals surface area contributed by atoms with Crippen molar-refractivity contribution in [1.82, 2.24) is 4.72 Å². The summed E-state index contributed by atoms with van der Waals surface area (Å²) in [6.07, 6.45) is 5.72. The van der Waals surface area contributed by atoms with Crippen molar-refractivity contribution < 1.29 is 13.5 Å². The van der Waals surface area contributed by atoms with E-state index < -0.39 is 16.1 Å². The Morgan fingerprint density at radius 1 is 1.24 bits per heavy atom. The van der Waals surface area contributed by atoms with Crippen molar-refractivity contribution in [3.63, 3.8) is 0 Å². The van der Waals surface area contributed by atoms with Crippen molar-refractivity contribution in [2.45, 2.75) is 48.4 Å². The molecule has 0 radical (unpaired) electrons. The maximum absolute atomic E-state index is 12.2. The van der Waals surface area contributed by atoms with Crippen LogP contribution < -0.4 is 4.72 Å². The number of sulfonamides is 1. The Morgan fingerprint density at radius 2 is 1.86 bits per heavy atom. The quantitative estimate of drug-likeness (QED) is 0.788. The molecule has 1 atom stereocenters. The monoisotopic (exact) mass is 329 g/mol. The van der Waals surface area contributed by atoms with Gasteiger partial charge < -0.3 is 5.11 Å². The molecule has 0 bridgehead atoms. The maximum atomic E-state index is 12.2. The SMILES string of the molecule is CSc1ccc(C(O)CNS(=O)(=O)C2CCCCC2)cc1. The third-order valence-corrected chi connectivity index (χ3v) is 6.63. The summed E-state index contributed by atoms with van der Waals surface area (Å²) in [7, 11) is -3.31. The molecule has 1 aromatic carbocycles. The van der Waals surface area contributed by atoms with Crippen LogP contribution in [-0.2, 0) is 10.0 Å². The first kappa shape index (κ1) is 16.8. The molecular weight excluding hydrogens is 306 g/mol. The summed E-state index contributed by atoms with van der Waals surface area (Å²) in [4.78, 5) is 1.12. The molecule has 1 aliphatic carbocycles. The summed E-state index contributed by atoms with van der Waals surface area (Å²) in [5.41, 5.74) is 0.735. The summed E-state index contributed by atoms with van der Waals surface area (Å²) in [5.74, 6) is 0. The lowest BCUT2D eigenvalue weighted by Gasteiger charge is -2.23. The molecule has 21 heavy (non-hydrogen) atoms. The van der Waals surface area contributed by atoms with E-state index >= 15 is 0 Å². The molecule has 0 amide bonds. The molecule has 1 unspecified atom stereocenters. The average Bonchev–Trinajstić information content (AvgIpc) is 2.53. The molecule has 0 heterocycles. The van der Waals surface area contributed by atoms with Crippen LogP contribution in [0.3, 0.4) is 0 Å². The number of rotatable bonds is 6. The van der Waals surface area contributed by atoms with Crippen LogP contribution in [0.4, 0.5) is 0 Å². The molecule has 0 spiro atoms. The Bertz CT molecular complexity index is 537. The second-order valence-electron chi connectivity index (χ2n) is 5.44. The third kappa shape index (κ3) is 4.71. The minimum atomic E-state index is -3.31. The highest BCUT2D eigenvalue weighted by molar-refractivity contribution is 7.98. The zero-order valence-electron chi connectivity index (χ0n) is 12.3. The van der Waals surface area contributed by atoms with Crippen molar-refractivity contribution in [3.8, 4) is 0 Å². The molecule has 1 aliphatic rings. The van der Waals surface area contributed by atoms with Crippen LogP contribution >= 0.6 is 11.8 Å². The van der Waals surface area contributed by atoms with Crippen molar-refractivity contribution in [2.24, 2.45) is 0 Å². The van der Waals surface area contributed by atoms with E-state index in [9.17, 15) is 13.5 Å². The minimum Gasteiger partial charge on any atom is -0.387 e. The molecule has 118 valence electrons. The second-order valence-corrected chi connectivity index (χ2v) is 8.37. The second kappa shape index (κ2) is 7.63. The fourth-order valence-electron chi connectivity index (χ4n) is 2.63. The number of thioether (sulfide) groups is 1. The fraction of sp³-hybridized carbons (Fsp3) is 0.600. The fourth-order valence-corrected chi connectivity index (χ4v) is 4.62. The van der Waals surface area contributed by atoms with Gasteiger partial charge in [-0.25, -0.2) is 13.1 Å². The van der Waals surface area contributed by atoms with Gasteiger partial charge in [-0.2, -0.15) is 0 Å². The van der Waals surface area contributed by atoms with Gasteiger partial charge >= 0.3 is 0 Å². The number of nitrogens with one attached hydrogen (secondary N) is 1. The van der Waals surface area contributed by atoms with Crippen LogP contribution in [0.5, 0.6) is 0 Å². The van der Waals surface area contributed by atoms with Gasteiger partial charge in [-0.15, -0.1) is 11.8 Å². The molecule has 1 fully saturated rings. The summed E-state index contributed by atoms with van der Waals surface area (Å²) in [6.45, 7) is 0.0391. The predicted molar refractivity (Wildman–Crippen MR) is 87.0 cm³/mol. The Kier molecular flexibility index (Phi) is 6.10. The van der Waals surface area contributed by atoms with Crippen molar-refractivity contribution >= 4 is 21.8 Å². The van der Waals surface area contributed by atoms with E-state index in [4.69, 9.17) is 0 Å². The number of hydrogen-bond donors (Lipinski definition) is 2. The molecule has 1 saturated carbocycles. The first-order valence-corrected chi connectivity index (χ1v) is 10.1. The van der Waals surface area contributed by atoms with Crippen LogP contribution in [0, 0.1) is 0 Å². The highest BCUT2D eigenvalue weighted by Crippen LogP contribution is 2.24. The van der Waals surface area contributed by atoms with Crippen LogP contribution in [0.25, 0.3) is 0 Å². The Morgan fingerprint density at radius 3 is 2.43 bits per heavy atom. The van der Waals surface area contributed by atoms with Crippen LogP contribution in [-0.4, -0.2) is 31.6 Å². The normalized spacial score (nSPS) is 18.6. The Labute approximate surface area is 131 Å². The Balaban J connectivity index is 1.91. The third-order valence-electron chi connectivity index (χ3n) is 3.97. The van der Waals surface area contributed by atoms with E-state index in [-0.39, 0.29) is 11.8 Å². The lowest BCUT2D eigenvalue weighted by Crippen LogP contribution is -2.37. The Hall–Kier alpha value is -0.560. The standard InChI is InChI=1S/C15H23NO3S2/c1-20-13-9-7-12(8-10-13)15(17)11-16-21(18,19)14-5-3-2-4-6-14/h7-10,14-17H,2-6,11H2,1H3. The lowest BCUT2D eigenvalue weighted by molar-refractivity contribution is 0.181. The molecule has 1 aromatic rings. The van der Waals surface area contributed by atoms with Crippen molar-refractivity contribution in [3.05, 3.63) is 29.8 Å². The summed E-state index contributed by atoms with van der Waals surface area (Å²) >= 11 is 1.63. The van der Waals surface area contributed by atoms with Gasteiger partial charge in [-0.3, -0.25) is 0 Å². The molecule has 2 N–H and O–H groups in total. The number of aliphatic hydroxyl groups excluding tert-OH is 1. The van der Waals surface area contributed by atoms with E-state index in [1.54, 1.807) is 11.8 Å². The van der Waals surface area contributed by atoms with E-state index in [1.807, 2.05) is 30.5 Å². The van der Waals surface area contributed by atoms with Gasteiger partial charge in [-0.1, -0.05) is 31.4 Å².